The molecule has 6 heteroatoms. The van der Waals surface area contributed by atoms with Crippen LogP contribution in [0.1, 0.15) is 23.0 Å². The Kier molecular flexibility index (Phi) is 3.63. The number of thiazole rings is 1. The molecule has 0 aliphatic rings. The van der Waals surface area contributed by atoms with Gasteiger partial charge in [-0.1, -0.05) is 0 Å². The van der Waals surface area contributed by atoms with E-state index in [1.165, 1.54) is 17.6 Å². The minimum absolute atomic E-state index is 0.130. The van der Waals surface area contributed by atoms with Crippen LogP contribution in [-0.2, 0) is 9.84 Å². The standard InChI is InChI=1S/C8H14N2O2S2/c1-6-8(13-5-10-6)7(9)3-4-14(2,11)12/h5,7H,3-4,9H2,1-2H3. The average molecular weight is 234 g/mol. The van der Waals surface area contributed by atoms with Crippen molar-refractivity contribution in [2.24, 2.45) is 5.73 Å². The number of aryl methyl sites for hydroxylation is 1. The van der Waals surface area contributed by atoms with Crippen molar-refractivity contribution in [2.45, 2.75) is 19.4 Å². The van der Waals surface area contributed by atoms with E-state index in [9.17, 15) is 8.42 Å². The second-order valence-corrected chi connectivity index (χ2v) is 6.47. The van der Waals surface area contributed by atoms with Crippen molar-refractivity contribution < 1.29 is 8.42 Å². The van der Waals surface area contributed by atoms with E-state index in [0.717, 1.165) is 10.6 Å². The third-order valence-electron chi connectivity index (χ3n) is 1.92. The Morgan fingerprint density at radius 3 is 2.71 bits per heavy atom. The molecule has 1 atom stereocenters. The Hall–Kier alpha value is -0.460. The first-order valence-electron chi connectivity index (χ1n) is 4.23. The summed E-state index contributed by atoms with van der Waals surface area (Å²) in [7, 11) is -2.92. The van der Waals surface area contributed by atoms with Crippen LogP contribution in [0.3, 0.4) is 0 Å². The molecular formula is C8H14N2O2S2. The summed E-state index contributed by atoms with van der Waals surface area (Å²) >= 11 is 1.48. The van der Waals surface area contributed by atoms with Crippen LogP contribution < -0.4 is 5.73 Å². The zero-order valence-electron chi connectivity index (χ0n) is 8.23. The Morgan fingerprint density at radius 2 is 2.29 bits per heavy atom. The van der Waals surface area contributed by atoms with Gasteiger partial charge in [0.05, 0.1) is 17.0 Å². The van der Waals surface area contributed by atoms with Crippen molar-refractivity contribution in [1.82, 2.24) is 4.98 Å². The van der Waals surface area contributed by atoms with Gasteiger partial charge in [-0.05, 0) is 13.3 Å². The van der Waals surface area contributed by atoms with Gasteiger partial charge >= 0.3 is 0 Å². The first kappa shape index (κ1) is 11.6. The molecule has 1 aromatic rings. The fourth-order valence-corrected chi connectivity index (χ4v) is 2.66. The number of nitrogens with two attached hydrogens (primary N) is 1. The van der Waals surface area contributed by atoms with E-state index in [0.29, 0.717) is 6.42 Å². The van der Waals surface area contributed by atoms with Crippen LogP contribution >= 0.6 is 11.3 Å². The lowest BCUT2D eigenvalue weighted by Gasteiger charge is -2.08. The molecule has 1 rings (SSSR count). The lowest BCUT2D eigenvalue weighted by atomic mass is 10.2. The van der Waals surface area contributed by atoms with Crippen LogP contribution in [0.15, 0.2) is 5.51 Å². The van der Waals surface area contributed by atoms with Crippen molar-refractivity contribution in [2.75, 3.05) is 12.0 Å². The van der Waals surface area contributed by atoms with E-state index in [1.807, 2.05) is 6.92 Å². The Balaban J connectivity index is 2.60. The molecule has 4 nitrogen and oxygen atoms in total. The maximum Gasteiger partial charge on any atom is 0.147 e. The molecule has 1 aromatic heterocycles. The fraction of sp³-hybridized carbons (Fsp3) is 0.625. The van der Waals surface area contributed by atoms with E-state index in [-0.39, 0.29) is 11.8 Å². The normalized spacial score (nSPS) is 14.2. The van der Waals surface area contributed by atoms with E-state index in [1.54, 1.807) is 5.51 Å². The maximum absolute atomic E-state index is 10.9. The topological polar surface area (TPSA) is 73.0 Å². The maximum atomic E-state index is 10.9. The van der Waals surface area contributed by atoms with E-state index >= 15 is 0 Å². The summed E-state index contributed by atoms with van der Waals surface area (Å²) in [6.45, 7) is 1.88. The van der Waals surface area contributed by atoms with Gasteiger partial charge in [0.15, 0.2) is 0 Å². The van der Waals surface area contributed by atoms with Crippen molar-refractivity contribution >= 4 is 21.2 Å². The molecule has 80 valence electrons. The summed E-state index contributed by atoms with van der Waals surface area (Å²) < 4.78 is 21.8. The minimum atomic E-state index is -2.92. The van der Waals surface area contributed by atoms with Crippen molar-refractivity contribution in [3.05, 3.63) is 16.1 Å². The fourth-order valence-electron chi connectivity index (χ4n) is 1.14. The smallest absolute Gasteiger partial charge is 0.147 e. The second kappa shape index (κ2) is 4.37. The van der Waals surface area contributed by atoms with Crippen LogP contribution in [0, 0.1) is 6.92 Å². The molecule has 0 aliphatic heterocycles. The Morgan fingerprint density at radius 1 is 1.64 bits per heavy atom. The molecule has 0 amide bonds. The van der Waals surface area contributed by atoms with E-state index in [2.05, 4.69) is 4.98 Å². The Bertz CT molecular complexity index is 397. The quantitative estimate of drug-likeness (QED) is 0.839. The molecule has 1 unspecified atom stereocenters. The largest absolute Gasteiger partial charge is 0.323 e. The highest BCUT2D eigenvalue weighted by Crippen LogP contribution is 2.22. The molecule has 0 saturated heterocycles. The van der Waals surface area contributed by atoms with Gasteiger partial charge in [-0.3, -0.25) is 0 Å². The summed E-state index contributed by atoms with van der Waals surface area (Å²) in [4.78, 5) is 5.05. The lowest BCUT2D eigenvalue weighted by molar-refractivity contribution is 0.592. The van der Waals surface area contributed by atoms with Gasteiger partial charge in [0.25, 0.3) is 0 Å². The number of sulfone groups is 1. The summed E-state index contributed by atoms with van der Waals surface area (Å²) in [5, 5.41) is 0. The van der Waals surface area contributed by atoms with Gasteiger partial charge in [-0.15, -0.1) is 11.3 Å². The van der Waals surface area contributed by atoms with Crippen molar-refractivity contribution in [3.8, 4) is 0 Å². The lowest BCUT2D eigenvalue weighted by Crippen LogP contribution is -2.15. The minimum Gasteiger partial charge on any atom is -0.323 e. The number of hydrogen-bond donors (Lipinski definition) is 1. The van der Waals surface area contributed by atoms with Gasteiger partial charge in [0.2, 0.25) is 0 Å². The van der Waals surface area contributed by atoms with Crippen molar-refractivity contribution in [3.63, 3.8) is 0 Å². The molecule has 1 heterocycles. The highest BCUT2D eigenvalue weighted by molar-refractivity contribution is 7.90. The predicted molar refractivity (Wildman–Crippen MR) is 58.1 cm³/mol. The van der Waals surface area contributed by atoms with Crippen LogP contribution in [-0.4, -0.2) is 25.4 Å². The highest BCUT2D eigenvalue weighted by atomic mass is 32.2. The molecular weight excluding hydrogens is 220 g/mol. The first-order valence-corrected chi connectivity index (χ1v) is 7.17. The zero-order valence-corrected chi connectivity index (χ0v) is 9.86. The molecule has 0 bridgehead atoms. The molecule has 0 radical (unpaired) electrons. The van der Waals surface area contributed by atoms with Crippen LogP contribution in [0.25, 0.3) is 0 Å². The van der Waals surface area contributed by atoms with Crippen LogP contribution in [0.2, 0.25) is 0 Å². The van der Waals surface area contributed by atoms with Gasteiger partial charge in [-0.25, -0.2) is 13.4 Å². The summed E-state index contributed by atoms with van der Waals surface area (Å²) in [6, 6.07) is -0.211. The molecule has 0 aromatic carbocycles. The molecule has 14 heavy (non-hydrogen) atoms. The van der Waals surface area contributed by atoms with Gasteiger partial charge in [0, 0.05) is 17.2 Å². The molecule has 0 fully saturated rings. The van der Waals surface area contributed by atoms with Crippen LogP contribution in [0.4, 0.5) is 0 Å². The number of hydrogen-bond acceptors (Lipinski definition) is 5. The monoisotopic (exact) mass is 234 g/mol. The average Bonchev–Trinajstić information content (AvgIpc) is 2.46. The summed E-state index contributed by atoms with van der Waals surface area (Å²) in [5.41, 5.74) is 8.48. The first-order chi connectivity index (χ1) is 6.40. The molecule has 0 spiro atoms. The number of nitrogens with zero attached hydrogens (tertiary/aromatic N) is 1. The zero-order chi connectivity index (χ0) is 10.8. The highest BCUT2D eigenvalue weighted by Gasteiger charge is 2.13. The third kappa shape index (κ3) is 3.36. The summed E-state index contributed by atoms with van der Waals surface area (Å²) in [5.74, 6) is 0.130. The molecule has 0 aliphatic carbocycles. The Labute approximate surface area is 88.1 Å². The predicted octanol–water partition coefficient (Wildman–Crippen LogP) is 0.886. The molecule has 0 saturated carbocycles. The van der Waals surface area contributed by atoms with Crippen LogP contribution in [0.5, 0.6) is 0 Å². The number of aromatic nitrogens is 1. The second-order valence-electron chi connectivity index (χ2n) is 3.33. The summed E-state index contributed by atoms with van der Waals surface area (Å²) in [6.07, 6.45) is 1.68. The van der Waals surface area contributed by atoms with Gasteiger partial charge in [0.1, 0.15) is 9.84 Å². The van der Waals surface area contributed by atoms with Gasteiger partial charge < -0.3 is 5.73 Å². The number of rotatable bonds is 4. The molecule has 2 N–H and O–H groups in total. The van der Waals surface area contributed by atoms with E-state index < -0.39 is 9.84 Å². The van der Waals surface area contributed by atoms with Gasteiger partial charge in [-0.2, -0.15) is 0 Å². The van der Waals surface area contributed by atoms with E-state index in [4.69, 9.17) is 5.73 Å². The third-order valence-corrected chi connectivity index (χ3v) is 3.96. The SMILES string of the molecule is Cc1ncsc1C(N)CCS(C)(=O)=O. The van der Waals surface area contributed by atoms with Crippen molar-refractivity contribution in [1.29, 1.82) is 0 Å².